The fraction of sp³-hybridized carbons (Fsp3) is 0.810. The maximum atomic E-state index is 12.6. The number of rotatable bonds is 7. The summed E-state index contributed by atoms with van der Waals surface area (Å²) in [6.45, 7) is 4.15. The number of halogens is 6. The summed E-state index contributed by atoms with van der Waals surface area (Å²) < 4.78 is 91.2. The molecule has 0 radical (unpaired) electrons. The molecule has 0 aromatic carbocycles. The van der Waals surface area contributed by atoms with Crippen LogP contribution in [0, 0.1) is 29.6 Å². The molecule has 3 rings (SSSR count). The van der Waals surface area contributed by atoms with Gasteiger partial charge in [-0.1, -0.05) is 13.0 Å². The average molecular weight is 472 g/mol. The largest absolute Gasteiger partial charge is 0.463 e. The molecule has 182 valence electrons. The summed E-state index contributed by atoms with van der Waals surface area (Å²) in [7, 11) is 0. The summed E-state index contributed by atoms with van der Waals surface area (Å²) in [5.74, 6) is -6.31. The highest BCUT2D eigenvalue weighted by molar-refractivity contribution is 5.87. The molecule has 3 fully saturated rings. The predicted octanol–water partition coefficient (Wildman–Crippen LogP) is 4.60. The van der Waals surface area contributed by atoms with Crippen LogP contribution in [0.3, 0.4) is 0 Å². The quantitative estimate of drug-likeness (QED) is 0.235. The normalized spacial score (nSPS) is 32.0. The molecule has 3 saturated carbocycles. The van der Waals surface area contributed by atoms with Crippen LogP contribution in [0.15, 0.2) is 12.2 Å². The van der Waals surface area contributed by atoms with E-state index >= 15 is 0 Å². The molecule has 0 aliphatic heterocycles. The van der Waals surface area contributed by atoms with Gasteiger partial charge < -0.3 is 14.2 Å². The van der Waals surface area contributed by atoms with E-state index in [1.807, 2.05) is 0 Å². The van der Waals surface area contributed by atoms with Gasteiger partial charge in [0.05, 0.1) is 12.7 Å². The maximum absolute atomic E-state index is 12.6. The van der Waals surface area contributed by atoms with Crippen molar-refractivity contribution in [2.75, 3.05) is 13.2 Å². The number of alkyl halides is 6. The second kappa shape index (κ2) is 9.23. The van der Waals surface area contributed by atoms with Gasteiger partial charge in [0.2, 0.25) is 5.92 Å². The van der Waals surface area contributed by atoms with Gasteiger partial charge in [0.15, 0.2) is 0 Å². The molecular weight excluding hydrogens is 446 g/mol. The van der Waals surface area contributed by atoms with Gasteiger partial charge in [0.1, 0.15) is 12.7 Å². The minimum absolute atomic E-state index is 0.0482. The molecule has 11 heteroatoms. The lowest BCUT2D eigenvalue weighted by atomic mass is 9.55. The number of esters is 2. The maximum Gasteiger partial charge on any atom is 0.411 e. The Balaban J connectivity index is 1.56. The van der Waals surface area contributed by atoms with Gasteiger partial charge in [0.25, 0.3) is 0 Å². The van der Waals surface area contributed by atoms with Crippen molar-refractivity contribution in [3.8, 4) is 0 Å². The van der Waals surface area contributed by atoms with Gasteiger partial charge in [-0.25, -0.2) is 4.79 Å². The SMILES string of the molecule is C=C(C)C(=O)OC1CC2CC3CCC1C(C3)C2OCCOC(=O)C(C(F)(F)F)C(F)(F)F. The standard InChI is InChI=1S/C21H26F6O5/c1-10(2)18(28)32-15-9-12-7-11-3-4-13(15)14(8-11)16(12)30-5-6-31-19(29)17(20(22,23)24)21(25,26)27/h11-17H,1,3-9H2,2H3. The Morgan fingerprint density at radius 2 is 1.62 bits per heavy atom. The third-order valence-corrected chi connectivity index (χ3v) is 6.73. The molecule has 3 bridgehead atoms. The third kappa shape index (κ3) is 5.40. The van der Waals surface area contributed by atoms with Gasteiger partial charge in [-0.3, -0.25) is 4.79 Å². The smallest absolute Gasteiger partial charge is 0.411 e. The van der Waals surface area contributed by atoms with Crippen molar-refractivity contribution in [2.45, 2.75) is 63.6 Å². The molecule has 0 spiro atoms. The predicted molar refractivity (Wildman–Crippen MR) is 98.0 cm³/mol. The molecule has 0 heterocycles. The molecule has 0 amide bonds. The van der Waals surface area contributed by atoms with E-state index in [2.05, 4.69) is 11.3 Å². The first-order valence-corrected chi connectivity index (χ1v) is 10.6. The first-order chi connectivity index (χ1) is 14.8. The number of hydrogen-bond acceptors (Lipinski definition) is 5. The van der Waals surface area contributed by atoms with Crippen LogP contribution < -0.4 is 0 Å². The van der Waals surface area contributed by atoms with Crippen molar-refractivity contribution in [2.24, 2.45) is 29.6 Å². The first-order valence-electron chi connectivity index (χ1n) is 10.6. The van der Waals surface area contributed by atoms with Gasteiger partial charge in [-0.05, 0) is 50.4 Å². The lowest BCUT2D eigenvalue weighted by Gasteiger charge is -2.55. The van der Waals surface area contributed by atoms with Crippen molar-refractivity contribution >= 4 is 11.9 Å². The van der Waals surface area contributed by atoms with E-state index in [4.69, 9.17) is 9.47 Å². The van der Waals surface area contributed by atoms with Crippen molar-refractivity contribution < 1.29 is 50.1 Å². The molecular formula is C21H26F6O5. The Bertz CT molecular complexity index is 717. The summed E-state index contributed by atoms with van der Waals surface area (Å²) in [6, 6.07) is 0. The monoisotopic (exact) mass is 472 g/mol. The summed E-state index contributed by atoms with van der Waals surface area (Å²) in [6.07, 6.45) is -7.97. The Morgan fingerprint density at radius 1 is 0.969 bits per heavy atom. The van der Waals surface area contributed by atoms with Crippen LogP contribution in [0.4, 0.5) is 26.3 Å². The number of fused-ring (bicyclic) bond motifs is 2. The zero-order valence-electron chi connectivity index (χ0n) is 17.5. The van der Waals surface area contributed by atoms with E-state index in [1.165, 1.54) is 0 Å². The van der Waals surface area contributed by atoms with Crippen LogP contribution in [0.1, 0.15) is 39.0 Å². The molecule has 0 aromatic rings. The van der Waals surface area contributed by atoms with E-state index in [0.717, 1.165) is 25.7 Å². The molecule has 0 aromatic heterocycles. The second-order valence-electron chi connectivity index (χ2n) is 8.98. The van der Waals surface area contributed by atoms with Crippen LogP contribution in [-0.2, 0) is 23.8 Å². The Kier molecular flexibility index (Phi) is 7.17. The highest BCUT2D eigenvalue weighted by atomic mass is 19.4. The van der Waals surface area contributed by atoms with Gasteiger partial charge in [-0.2, -0.15) is 26.3 Å². The summed E-state index contributed by atoms with van der Waals surface area (Å²) in [4.78, 5) is 23.4. The Labute approximate surface area is 181 Å². The number of ether oxygens (including phenoxy) is 3. The molecule has 32 heavy (non-hydrogen) atoms. The van der Waals surface area contributed by atoms with Gasteiger partial charge in [-0.15, -0.1) is 0 Å². The van der Waals surface area contributed by atoms with Crippen LogP contribution >= 0.6 is 0 Å². The van der Waals surface area contributed by atoms with Crippen molar-refractivity contribution in [3.63, 3.8) is 0 Å². The van der Waals surface area contributed by atoms with Gasteiger partial charge >= 0.3 is 24.3 Å². The van der Waals surface area contributed by atoms with E-state index in [-0.39, 0.29) is 36.6 Å². The molecule has 0 saturated heterocycles. The zero-order valence-corrected chi connectivity index (χ0v) is 17.5. The van der Waals surface area contributed by atoms with Gasteiger partial charge in [0, 0.05) is 11.5 Å². The highest BCUT2D eigenvalue weighted by Gasteiger charge is 2.62. The molecule has 6 unspecified atom stereocenters. The molecule has 0 N–H and O–H groups in total. The van der Waals surface area contributed by atoms with Crippen LogP contribution in [0.5, 0.6) is 0 Å². The second-order valence-corrected chi connectivity index (χ2v) is 8.98. The first kappa shape index (κ1) is 24.9. The van der Waals surface area contributed by atoms with E-state index < -0.39 is 36.8 Å². The number of hydrogen-bond donors (Lipinski definition) is 0. The summed E-state index contributed by atoms with van der Waals surface area (Å²) in [5, 5.41) is 0. The fourth-order valence-electron chi connectivity index (χ4n) is 5.48. The van der Waals surface area contributed by atoms with Crippen molar-refractivity contribution in [3.05, 3.63) is 12.2 Å². The van der Waals surface area contributed by atoms with E-state index in [0.29, 0.717) is 17.9 Å². The van der Waals surface area contributed by atoms with Crippen LogP contribution in [0.2, 0.25) is 0 Å². The molecule has 5 nitrogen and oxygen atoms in total. The zero-order chi connectivity index (χ0) is 23.8. The van der Waals surface area contributed by atoms with Crippen molar-refractivity contribution in [1.29, 1.82) is 0 Å². The molecule has 3 aliphatic rings. The summed E-state index contributed by atoms with van der Waals surface area (Å²) >= 11 is 0. The topological polar surface area (TPSA) is 61.8 Å². The molecule has 3 aliphatic carbocycles. The third-order valence-electron chi connectivity index (χ3n) is 6.73. The minimum atomic E-state index is -5.79. The van der Waals surface area contributed by atoms with E-state index in [9.17, 15) is 35.9 Å². The Hall–Kier alpha value is -1.78. The lowest BCUT2D eigenvalue weighted by molar-refractivity contribution is -0.282. The van der Waals surface area contributed by atoms with Crippen molar-refractivity contribution in [1.82, 2.24) is 0 Å². The van der Waals surface area contributed by atoms with Crippen LogP contribution in [0.25, 0.3) is 0 Å². The minimum Gasteiger partial charge on any atom is -0.463 e. The average Bonchev–Trinajstić information content (AvgIpc) is 2.62. The molecule has 6 atom stereocenters. The lowest BCUT2D eigenvalue weighted by Crippen LogP contribution is -2.55. The summed E-state index contributed by atoms with van der Waals surface area (Å²) in [5.41, 5.74) is 0.306. The Morgan fingerprint density at radius 3 is 2.22 bits per heavy atom. The fourth-order valence-corrected chi connectivity index (χ4v) is 5.48. The highest BCUT2D eigenvalue weighted by Crippen LogP contribution is 2.54. The number of carbonyl (C=O) groups is 2. The number of carbonyl (C=O) groups excluding carboxylic acids is 2. The van der Waals surface area contributed by atoms with Crippen LogP contribution in [-0.4, -0.2) is 49.7 Å². The van der Waals surface area contributed by atoms with E-state index in [1.54, 1.807) is 6.92 Å².